The number of aryl methyl sites for hydroxylation is 2. The summed E-state index contributed by atoms with van der Waals surface area (Å²) in [7, 11) is 0. The molecule has 24 heavy (non-hydrogen) atoms. The van der Waals surface area contributed by atoms with Gasteiger partial charge in [0.15, 0.2) is 0 Å². The number of rotatable bonds is 4. The van der Waals surface area contributed by atoms with Crippen LogP contribution < -0.4 is 0 Å². The van der Waals surface area contributed by atoms with Crippen LogP contribution >= 0.6 is 11.8 Å². The third-order valence-corrected chi connectivity index (χ3v) is 4.75. The van der Waals surface area contributed by atoms with Gasteiger partial charge < -0.3 is 14.1 Å². The average molecular weight is 347 g/mol. The van der Waals surface area contributed by atoms with E-state index in [-0.39, 0.29) is 11.2 Å². The van der Waals surface area contributed by atoms with Gasteiger partial charge in [-0.25, -0.2) is 0 Å². The van der Waals surface area contributed by atoms with E-state index >= 15 is 0 Å². The number of nitrogens with zero attached hydrogens (tertiary/aromatic N) is 3. The fraction of sp³-hybridized carbons (Fsp3) is 0.471. The third-order valence-electron chi connectivity index (χ3n) is 3.82. The van der Waals surface area contributed by atoms with Gasteiger partial charge in [0.1, 0.15) is 0 Å². The second kappa shape index (κ2) is 7.36. The fourth-order valence-corrected chi connectivity index (χ4v) is 3.48. The minimum atomic E-state index is -0.268. The lowest BCUT2D eigenvalue weighted by Gasteiger charge is -2.28. The highest BCUT2D eigenvalue weighted by Gasteiger charge is 2.25. The molecule has 6 nitrogen and oxygen atoms in total. The van der Waals surface area contributed by atoms with E-state index < -0.39 is 0 Å². The highest BCUT2D eigenvalue weighted by molar-refractivity contribution is 8.00. The molecule has 128 valence electrons. The molecule has 0 unspecified atom stereocenters. The number of carbonyl (C=O) groups excluding carboxylic acids is 1. The average Bonchev–Trinajstić information content (AvgIpc) is 3.02. The quantitative estimate of drug-likeness (QED) is 0.792. The maximum Gasteiger partial charge on any atom is 0.277 e. The molecule has 3 rings (SSSR count). The molecule has 7 heteroatoms. The summed E-state index contributed by atoms with van der Waals surface area (Å²) in [4.78, 5) is 14.3. The van der Waals surface area contributed by atoms with Gasteiger partial charge in [-0.15, -0.1) is 10.2 Å². The summed E-state index contributed by atoms with van der Waals surface area (Å²) in [6, 6.07) is 6.12. The van der Waals surface area contributed by atoms with Crippen molar-refractivity contribution in [3.8, 4) is 11.5 Å². The van der Waals surface area contributed by atoms with Crippen molar-refractivity contribution >= 4 is 17.7 Å². The molecular weight excluding hydrogens is 326 g/mol. The smallest absolute Gasteiger partial charge is 0.277 e. The Kier molecular flexibility index (Phi) is 5.20. The van der Waals surface area contributed by atoms with E-state index in [1.165, 1.54) is 11.8 Å². The standard InChI is InChI=1S/C17H21N3O3S/c1-11-8-12(2)10-14(9-11)15-18-19-17(23-15)24-13(3)16(21)20-4-6-22-7-5-20/h8-10,13H,4-7H2,1-3H3/t13-/m0/s1. The summed E-state index contributed by atoms with van der Waals surface area (Å²) in [6.45, 7) is 8.41. The van der Waals surface area contributed by atoms with Gasteiger partial charge in [-0.05, 0) is 32.9 Å². The van der Waals surface area contributed by atoms with E-state index in [9.17, 15) is 4.79 Å². The third kappa shape index (κ3) is 3.96. The predicted octanol–water partition coefficient (Wildman–Crippen LogP) is 2.69. The molecule has 2 heterocycles. The van der Waals surface area contributed by atoms with Crippen molar-refractivity contribution in [1.29, 1.82) is 0 Å². The van der Waals surface area contributed by atoms with Crippen LogP contribution in [0.25, 0.3) is 11.5 Å². The monoisotopic (exact) mass is 347 g/mol. The molecule has 0 spiro atoms. The van der Waals surface area contributed by atoms with Crippen LogP contribution in [0.2, 0.25) is 0 Å². The Morgan fingerprint density at radius 3 is 2.50 bits per heavy atom. The van der Waals surface area contributed by atoms with E-state index in [1.54, 1.807) is 0 Å². The number of thioether (sulfide) groups is 1. The van der Waals surface area contributed by atoms with Crippen molar-refractivity contribution in [2.75, 3.05) is 26.3 Å². The number of ether oxygens (including phenoxy) is 1. The lowest BCUT2D eigenvalue weighted by molar-refractivity contribution is -0.134. The lowest BCUT2D eigenvalue weighted by atomic mass is 10.1. The minimum absolute atomic E-state index is 0.0782. The van der Waals surface area contributed by atoms with Gasteiger partial charge in [0, 0.05) is 18.7 Å². The van der Waals surface area contributed by atoms with Crippen molar-refractivity contribution in [2.45, 2.75) is 31.2 Å². The first-order valence-corrected chi connectivity index (χ1v) is 8.86. The van der Waals surface area contributed by atoms with Crippen LogP contribution in [0.5, 0.6) is 0 Å². The number of aromatic nitrogens is 2. The van der Waals surface area contributed by atoms with E-state index in [1.807, 2.05) is 37.8 Å². The summed E-state index contributed by atoms with van der Waals surface area (Å²) >= 11 is 1.30. The molecule has 1 aromatic heterocycles. The molecule has 2 aromatic rings. The van der Waals surface area contributed by atoms with E-state index in [0.29, 0.717) is 37.4 Å². The molecule has 0 saturated carbocycles. The zero-order valence-corrected chi connectivity index (χ0v) is 14.9. The molecular formula is C17H21N3O3S. The van der Waals surface area contributed by atoms with Crippen LogP contribution in [0, 0.1) is 13.8 Å². The number of benzene rings is 1. The molecule has 1 amide bonds. The number of amides is 1. The van der Waals surface area contributed by atoms with Crippen molar-refractivity contribution < 1.29 is 13.9 Å². The Morgan fingerprint density at radius 2 is 1.83 bits per heavy atom. The molecule has 1 saturated heterocycles. The van der Waals surface area contributed by atoms with Crippen LogP contribution in [0.3, 0.4) is 0 Å². The molecule has 1 aliphatic rings. The Bertz CT molecular complexity index is 705. The zero-order chi connectivity index (χ0) is 17.1. The van der Waals surface area contributed by atoms with Crippen molar-refractivity contribution in [3.05, 3.63) is 29.3 Å². The van der Waals surface area contributed by atoms with Gasteiger partial charge in [-0.2, -0.15) is 0 Å². The van der Waals surface area contributed by atoms with E-state index in [0.717, 1.165) is 16.7 Å². The molecule has 0 aliphatic carbocycles. The minimum Gasteiger partial charge on any atom is -0.411 e. The fourth-order valence-electron chi connectivity index (χ4n) is 2.71. The zero-order valence-electron chi connectivity index (χ0n) is 14.1. The normalized spacial score (nSPS) is 16.2. The van der Waals surface area contributed by atoms with Gasteiger partial charge in [0.25, 0.3) is 5.22 Å². The van der Waals surface area contributed by atoms with Gasteiger partial charge in [0.05, 0.1) is 18.5 Å². The highest BCUT2D eigenvalue weighted by Crippen LogP contribution is 2.28. The summed E-state index contributed by atoms with van der Waals surface area (Å²) in [5.41, 5.74) is 3.19. The summed E-state index contributed by atoms with van der Waals surface area (Å²) in [5.74, 6) is 0.560. The molecule has 0 radical (unpaired) electrons. The van der Waals surface area contributed by atoms with Gasteiger partial charge in [-0.1, -0.05) is 29.0 Å². The molecule has 0 N–H and O–H groups in total. The van der Waals surface area contributed by atoms with Crippen LogP contribution in [-0.2, 0) is 9.53 Å². The van der Waals surface area contributed by atoms with Gasteiger partial charge in [-0.3, -0.25) is 4.79 Å². The second-order valence-corrected chi connectivity index (χ2v) is 7.24. The maximum atomic E-state index is 12.4. The highest BCUT2D eigenvalue weighted by atomic mass is 32.2. The molecule has 1 aromatic carbocycles. The molecule has 1 atom stereocenters. The number of hydrogen-bond acceptors (Lipinski definition) is 6. The van der Waals surface area contributed by atoms with Crippen LogP contribution in [0.15, 0.2) is 27.8 Å². The topological polar surface area (TPSA) is 68.5 Å². The summed E-state index contributed by atoms with van der Waals surface area (Å²) < 4.78 is 11.0. The number of carbonyl (C=O) groups is 1. The Balaban J connectivity index is 1.68. The first kappa shape index (κ1) is 17.0. The van der Waals surface area contributed by atoms with Crippen LogP contribution in [0.4, 0.5) is 0 Å². The second-order valence-electron chi connectivity index (χ2n) is 5.95. The molecule has 0 bridgehead atoms. The van der Waals surface area contributed by atoms with Crippen molar-refractivity contribution in [2.24, 2.45) is 0 Å². The van der Waals surface area contributed by atoms with Gasteiger partial charge in [0.2, 0.25) is 11.8 Å². The van der Waals surface area contributed by atoms with Crippen molar-refractivity contribution in [3.63, 3.8) is 0 Å². The number of morpholine rings is 1. The molecule has 1 aliphatic heterocycles. The van der Waals surface area contributed by atoms with E-state index in [2.05, 4.69) is 16.3 Å². The maximum absolute atomic E-state index is 12.4. The first-order valence-electron chi connectivity index (χ1n) is 7.98. The van der Waals surface area contributed by atoms with Crippen LogP contribution in [0.1, 0.15) is 18.1 Å². The van der Waals surface area contributed by atoms with Crippen molar-refractivity contribution in [1.82, 2.24) is 15.1 Å². The lowest BCUT2D eigenvalue weighted by Crippen LogP contribution is -2.44. The number of hydrogen-bond donors (Lipinski definition) is 0. The predicted molar refractivity (Wildman–Crippen MR) is 91.9 cm³/mol. The molecule has 1 fully saturated rings. The SMILES string of the molecule is Cc1cc(C)cc(-c2nnc(S[C@@H](C)C(=O)N3CCOCC3)o2)c1. The van der Waals surface area contributed by atoms with Gasteiger partial charge >= 0.3 is 0 Å². The Labute approximate surface area is 145 Å². The summed E-state index contributed by atoms with van der Waals surface area (Å²) in [6.07, 6.45) is 0. The Hall–Kier alpha value is -1.86. The Morgan fingerprint density at radius 1 is 1.17 bits per heavy atom. The van der Waals surface area contributed by atoms with E-state index in [4.69, 9.17) is 9.15 Å². The summed E-state index contributed by atoms with van der Waals surface area (Å²) in [5, 5.41) is 8.33. The largest absolute Gasteiger partial charge is 0.411 e. The first-order chi connectivity index (χ1) is 11.5. The van der Waals surface area contributed by atoms with Crippen LogP contribution in [-0.4, -0.2) is 52.6 Å².